The smallest absolute Gasteiger partial charge is 0.408 e. The lowest BCUT2D eigenvalue weighted by Gasteiger charge is -2.06. The van der Waals surface area contributed by atoms with E-state index in [1.807, 2.05) is 12.1 Å². The molecule has 0 aliphatic rings. The van der Waals surface area contributed by atoms with Crippen molar-refractivity contribution in [3.63, 3.8) is 0 Å². The maximum Gasteiger partial charge on any atom is 0.417 e. The minimum absolute atomic E-state index is 0.0944. The van der Waals surface area contributed by atoms with Gasteiger partial charge in [0.2, 0.25) is 5.91 Å². The van der Waals surface area contributed by atoms with E-state index in [0.717, 1.165) is 11.1 Å². The second kappa shape index (κ2) is 6.07. The summed E-state index contributed by atoms with van der Waals surface area (Å²) in [5, 5.41) is 3.44. The van der Waals surface area contributed by atoms with Crippen molar-refractivity contribution in [2.45, 2.75) is 13.0 Å². The van der Waals surface area contributed by atoms with Crippen molar-refractivity contribution in [1.82, 2.24) is 10.3 Å². The average Bonchev–Trinajstić information content (AvgIpc) is 2.84. The van der Waals surface area contributed by atoms with Crippen LogP contribution in [0.1, 0.15) is 11.1 Å². The number of fused-ring (bicyclic) bond motifs is 1. The molecule has 6 heteroatoms. The normalized spacial score (nSPS) is 10.8. The molecule has 1 aromatic heterocycles. The highest BCUT2D eigenvalue weighted by Crippen LogP contribution is 2.13. The number of carbonyl (C=O) groups is 1. The van der Waals surface area contributed by atoms with Gasteiger partial charge in [0.25, 0.3) is 0 Å². The number of carbonyl (C=O) groups excluding carboxylic acids is 1. The van der Waals surface area contributed by atoms with Crippen LogP contribution in [0, 0.1) is 0 Å². The Labute approximate surface area is 130 Å². The number of H-pyrrole nitrogens is 1. The van der Waals surface area contributed by atoms with E-state index in [9.17, 15) is 9.59 Å². The van der Waals surface area contributed by atoms with Gasteiger partial charge in [-0.1, -0.05) is 29.8 Å². The van der Waals surface area contributed by atoms with Gasteiger partial charge in [-0.25, -0.2) is 4.79 Å². The number of rotatable bonds is 4. The number of hydrogen-bond donors (Lipinski definition) is 2. The fourth-order valence-corrected chi connectivity index (χ4v) is 2.42. The van der Waals surface area contributed by atoms with Crippen molar-refractivity contribution in [3.05, 3.63) is 69.2 Å². The summed E-state index contributed by atoms with van der Waals surface area (Å²) in [7, 11) is 0. The van der Waals surface area contributed by atoms with Crippen LogP contribution in [-0.2, 0) is 17.8 Å². The fourth-order valence-electron chi connectivity index (χ4n) is 2.20. The second-order valence-corrected chi connectivity index (χ2v) is 5.36. The highest BCUT2D eigenvalue weighted by atomic mass is 35.5. The van der Waals surface area contributed by atoms with E-state index in [1.54, 1.807) is 30.3 Å². The average molecular weight is 317 g/mol. The largest absolute Gasteiger partial charge is 0.417 e. The summed E-state index contributed by atoms with van der Waals surface area (Å²) in [6.07, 6.45) is 0.269. The van der Waals surface area contributed by atoms with Crippen molar-refractivity contribution in [2.24, 2.45) is 0 Å². The van der Waals surface area contributed by atoms with Gasteiger partial charge in [-0.15, -0.1) is 0 Å². The molecule has 0 atom stereocenters. The van der Waals surface area contributed by atoms with Crippen molar-refractivity contribution in [3.8, 4) is 0 Å². The Morgan fingerprint density at radius 2 is 2.05 bits per heavy atom. The zero-order valence-corrected chi connectivity index (χ0v) is 12.3. The van der Waals surface area contributed by atoms with Crippen molar-refractivity contribution < 1.29 is 9.21 Å². The maximum absolute atomic E-state index is 11.9. The Morgan fingerprint density at radius 1 is 1.18 bits per heavy atom. The highest BCUT2D eigenvalue weighted by Gasteiger charge is 2.06. The minimum atomic E-state index is -0.489. The first kappa shape index (κ1) is 14.4. The van der Waals surface area contributed by atoms with E-state index in [0.29, 0.717) is 22.7 Å². The number of hydrogen-bond acceptors (Lipinski definition) is 3. The molecule has 1 amide bonds. The lowest BCUT2D eigenvalue weighted by molar-refractivity contribution is -0.120. The van der Waals surface area contributed by atoms with E-state index in [4.69, 9.17) is 16.0 Å². The summed E-state index contributed by atoms with van der Waals surface area (Å²) in [6, 6.07) is 12.5. The van der Waals surface area contributed by atoms with Crippen molar-refractivity contribution in [2.75, 3.05) is 0 Å². The summed E-state index contributed by atoms with van der Waals surface area (Å²) in [5.74, 6) is -0.583. The molecule has 0 aliphatic heterocycles. The van der Waals surface area contributed by atoms with Crippen LogP contribution < -0.4 is 11.1 Å². The first-order valence-electron chi connectivity index (χ1n) is 6.73. The van der Waals surface area contributed by atoms with E-state index in [-0.39, 0.29) is 12.3 Å². The molecule has 0 saturated heterocycles. The van der Waals surface area contributed by atoms with Crippen LogP contribution in [0.5, 0.6) is 0 Å². The van der Waals surface area contributed by atoms with Gasteiger partial charge in [-0.2, -0.15) is 0 Å². The number of aromatic nitrogens is 1. The molecule has 2 aromatic carbocycles. The molecule has 0 aliphatic carbocycles. The lowest BCUT2D eigenvalue weighted by Crippen LogP contribution is -2.24. The van der Waals surface area contributed by atoms with Crippen molar-refractivity contribution >= 4 is 28.6 Å². The topological polar surface area (TPSA) is 75.1 Å². The minimum Gasteiger partial charge on any atom is -0.408 e. The number of amides is 1. The molecule has 3 aromatic rings. The Bertz CT molecular complexity index is 882. The zero-order chi connectivity index (χ0) is 15.5. The van der Waals surface area contributed by atoms with Crippen LogP contribution in [0.3, 0.4) is 0 Å². The van der Waals surface area contributed by atoms with E-state index in [2.05, 4.69) is 10.3 Å². The summed E-state index contributed by atoms with van der Waals surface area (Å²) in [6.45, 7) is 0.378. The van der Waals surface area contributed by atoms with Crippen LogP contribution in [0.4, 0.5) is 0 Å². The molecule has 5 nitrogen and oxygen atoms in total. The molecule has 0 bridgehead atoms. The lowest BCUT2D eigenvalue weighted by atomic mass is 10.1. The Hall–Kier alpha value is -2.53. The molecule has 3 rings (SSSR count). The summed E-state index contributed by atoms with van der Waals surface area (Å²) in [5.41, 5.74) is 2.86. The molecular formula is C16H13ClN2O3. The number of benzene rings is 2. The molecule has 1 heterocycles. The van der Waals surface area contributed by atoms with Gasteiger partial charge in [0, 0.05) is 11.6 Å². The number of aromatic amines is 1. The zero-order valence-electron chi connectivity index (χ0n) is 11.6. The third kappa shape index (κ3) is 3.38. The maximum atomic E-state index is 11.9. The summed E-state index contributed by atoms with van der Waals surface area (Å²) < 4.78 is 4.93. The van der Waals surface area contributed by atoms with Crippen LogP contribution in [-0.4, -0.2) is 10.9 Å². The fraction of sp³-hybridized carbons (Fsp3) is 0.125. The van der Waals surface area contributed by atoms with Crippen molar-refractivity contribution in [1.29, 1.82) is 0 Å². The third-order valence-corrected chi connectivity index (χ3v) is 3.46. The number of nitrogens with one attached hydrogen (secondary N) is 2. The monoisotopic (exact) mass is 316 g/mol. The molecule has 112 valence electrons. The standard InChI is InChI=1S/C16H13ClN2O3/c17-12-3-1-2-10(6-12)8-15(20)18-9-11-4-5-14-13(7-11)19-16(21)22-14/h1-7H,8-9H2,(H,18,20)(H,19,21). The van der Waals surface area contributed by atoms with Crippen LogP contribution in [0.2, 0.25) is 5.02 Å². The van der Waals surface area contributed by atoms with Crippen LogP contribution in [0.25, 0.3) is 11.1 Å². The summed E-state index contributed by atoms with van der Waals surface area (Å²) in [4.78, 5) is 25.6. The van der Waals surface area contributed by atoms with Gasteiger partial charge in [0.05, 0.1) is 11.9 Å². The number of oxazole rings is 1. The van der Waals surface area contributed by atoms with Gasteiger partial charge in [-0.05, 0) is 35.4 Å². The van der Waals surface area contributed by atoms with E-state index in [1.165, 1.54) is 0 Å². The predicted octanol–water partition coefficient (Wildman–Crippen LogP) is 2.63. The molecule has 0 radical (unpaired) electrons. The SMILES string of the molecule is O=C(Cc1cccc(Cl)c1)NCc1ccc2oc(=O)[nH]c2c1. The molecule has 2 N–H and O–H groups in total. The summed E-state index contributed by atoms with van der Waals surface area (Å²) >= 11 is 5.89. The van der Waals surface area contributed by atoms with Crippen LogP contribution >= 0.6 is 11.6 Å². The van der Waals surface area contributed by atoms with Crippen LogP contribution in [0.15, 0.2) is 51.7 Å². The quantitative estimate of drug-likeness (QED) is 0.777. The highest BCUT2D eigenvalue weighted by molar-refractivity contribution is 6.30. The molecule has 0 spiro atoms. The van der Waals surface area contributed by atoms with E-state index < -0.39 is 5.76 Å². The molecule has 22 heavy (non-hydrogen) atoms. The molecular weight excluding hydrogens is 304 g/mol. The van der Waals surface area contributed by atoms with Gasteiger partial charge < -0.3 is 9.73 Å². The molecule has 0 unspecified atom stereocenters. The van der Waals surface area contributed by atoms with Gasteiger partial charge >= 0.3 is 5.76 Å². The van der Waals surface area contributed by atoms with Gasteiger partial charge in [0.1, 0.15) is 0 Å². The Kier molecular flexibility index (Phi) is 3.98. The van der Waals surface area contributed by atoms with E-state index >= 15 is 0 Å². The first-order valence-corrected chi connectivity index (χ1v) is 7.11. The molecule has 0 fully saturated rings. The Balaban J connectivity index is 1.63. The third-order valence-electron chi connectivity index (χ3n) is 3.23. The van der Waals surface area contributed by atoms with Gasteiger partial charge in [-0.3, -0.25) is 9.78 Å². The molecule has 0 saturated carbocycles. The number of halogens is 1. The van der Waals surface area contributed by atoms with Gasteiger partial charge in [0.15, 0.2) is 5.58 Å². The predicted molar refractivity (Wildman–Crippen MR) is 83.8 cm³/mol. The second-order valence-electron chi connectivity index (χ2n) is 4.93. The first-order chi connectivity index (χ1) is 10.6. The Morgan fingerprint density at radius 3 is 2.86 bits per heavy atom.